The molecule has 0 aliphatic heterocycles. The fourth-order valence-corrected chi connectivity index (χ4v) is 4.47. The van der Waals surface area contributed by atoms with Gasteiger partial charge in [0.15, 0.2) is 0 Å². The van der Waals surface area contributed by atoms with E-state index in [4.69, 9.17) is 16.3 Å². The summed E-state index contributed by atoms with van der Waals surface area (Å²) in [6.45, 7) is 2.56. The highest BCUT2D eigenvalue weighted by atomic mass is 35.5. The number of benzene rings is 3. The van der Waals surface area contributed by atoms with Gasteiger partial charge in [-0.1, -0.05) is 67.1 Å². The van der Waals surface area contributed by atoms with Crippen molar-refractivity contribution in [1.82, 2.24) is 14.7 Å². The summed E-state index contributed by atoms with van der Waals surface area (Å²) >= 11 is 5.99. The van der Waals surface area contributed by atoms with Gasteiger partial charge in [0.25, 0.3) is 5.91 Å². The Morgan fingerprint density at radius 3 is 2.27 bits per heavy atom. The van der Waals surface area contributed by atoms with Crippen LogP contribution in [0.15, 0.2) is 97.3 Å². The van der Waals surface area contributed by atoms with Crippen molar-refractivity contribution in [2.45, 2.75) is 32.4 Å². The molecular formula is C32H28ClN3O4. The molecule has 2 aromatic heterocycles. The molecule has 0 bridgehead atoms. The Morgan fingerprint density at radius 2 is 1.60 bits per heavy atom. The largest absolute Gasteiger partial charge is 0.489 e. The number of nitrogens with zero attached hydrogens (tertiary/aromatic N) is 2. The van der Waals surface area contributed by atoms with Crippen molar-refractivity contribution in [3.8, 4) is 16.9 Å². The Balaban J connectivity index is 1.22. The third-order valence-electron chi connectivity index (χ3n) is 6.67. The maximum atomic E-state index is 12.9. The molecule has 0 spiro atoms. The van der Waals surface area contributed by atoms with Crippen LogP contribution in [-0.4, -0.2) is 32.4 Å². The minimum Gasteiger partial charge on any atom is -0.489 e. The summed E-state index contributed by atoms with van der Waals surface area (Å²) in [7, 11) is 0. The van der Waals surface area contributed by atoms with Crippen molar-refractivity contribution in [3.63, 3.8) is 0 Å². The molecule has 0 saturated carbocycles. The van der Waals surface area contributed by atoms with Gasteiger partial charge in [-0.3, -0.25) is 4.79 Å². The number of aryl methyl sites for hydroxylation is 1. The molecule has 0 fully saturated rings. The van der Waals surface area contributed by atoms with E-state index >= 15 is 0 Å². The summed E-state index contributed by atoms with van der Waals surface area (Å²) in [4.78, 5) is 29.3. The van der Waals surface area contributed by atoms with Gasteiger partial charge >= 0.3 is 5.97 Å². The summed E-state index contributed by atoms with van der Waals surface area (Å²) in [5.41, 5.74) is 5.70. The lowest BCUT2D eigenvalue weighted by Crippen LogP contribution is -2.42. The van der Waals surface area contributed by atoms with Gasteiger partial charge in [-0.15, -0.1) is 0 Å². The zero-order valence-corrected chi connectivity index (χ0v) is 22.6. The number of pyridine rings is 1. The van der Waals surface area contributed by atoms with Crippen LogP contribution in [0.4, 0.5) is 0 Å². The summed E-state index contributed by atoms with van der Waals surface area (Å²) in [5.74, 6) is -1.00. The number of aromatic nitrogens is 2. The normalized spacial score (nSPS) is 11.8. The number of amides is 1. The summed E-state index contributed by atoms with van der Waals surface area (Å²) in [6.07, 6.45) is 4.50. The predicted octanol–water partition coefficient (Wildman–Crippen LogP) is 6.22. The first-order chi connectivity index (χ1) is 19.4. The maximum absolute atomic E-state index is 12.9. The number of imidazole rings is 1. The van der Waals surface area contributed by atoms with Crippen molar-refractivity contribution < 1.29 is 19.4 Å². The van der Waals surface area contributed by atoms with Crippen molar-refractivity contribution >= 4 is 29.1 Å². The van der Waals surface area contributed by atoms with Crippen LogP contribution in [-0.2, 0) is 24.2 Å². The molecule has 7 nitrogen and oxygen atoms in total. The molecular weight excluding hydrogens is 526 g/mol. The van der Waals surface area contributed by atoms with Crippen molar-refractivity contribution in [1.29, 1.82) is 0 Å². The molecule has 5 rings (SSSR count). The third kappa shape index (κ3) is 6.50. The van der Waals surface area contributed by atoms with Gasteiger partial charge in [0.2, 0.25) is 0 Å². The van der Waals surface area contributed by atoms with Crippen LogP contribution in [0.25, 0.3) is 16.8 Å². The van der Waals surface area contributed by atoms with E-state index in [2.05, 4.69) is 41.5 Å². The Hall–Kier alpha value is -4.62. The number of rotatable bonds is 10. The third-order valence-corrected chi connectivity index (χ3v) is 6.93. The number of carboxylic acid groups (broad SMARTS) is 1. The Morgan fingerprint density at radius 1 is 0.925 bits per heavy atom. The average molecular weight is 554 g/mol. The van der Waals surface area contributed by atoms with E-state index in [9.17, 15) is 14.7 Å². The fraction of sp³-hybridized carbons (Fsp3) is 0.156. The van der Waals surface area contributed by atoms with Gasteiger partial charge in [0.05, 0.1) is 0 Å². The quantitative estimate of drug-likeness (QED) is 0.214. The highest BCUT2D eigenvalue weighted by Gasteiger charge is 2.23. The SMILES string of the molecule is CCc1ccc(COc2ccc(CC(NC(=O)c3cn4ccc(-c5ccc(Cl)cc5)cc4n3)C(=O)O)cc2)cc1. The Bertz CT molecular complexity index is 1630. The number of ether oxygens (including phenoxy) is 1. The number of carbonyl (C=O) groups excluding carboxylic acids is 1. The van der Waals surface area contributed by atoms with E-state index < -0.39 is 17.9 Å². The van der Waals surface area contributed by atoms with Crippen LogP contribution < -0.4 is 10.1 Å². The van der Waals surface area contributed by atoms with Crippen LogP contribution in [0.2, 0.25) is 5.02 Å². The van der Waals surface area contributed by atoms with E-state index in [-0.39, 0.29) is 12.1 Å². The number of halogens is 1. The second-order valence-electron chi connectivity index (χ2n) is 9.49. The summed E-state index contributed by atoms with van der Waals surface area (Å²) in [5, 5.41) is 13.0. The second kappa shape index (κ2) is 12.1. The standard InChI is InChI=1S/C32H28ClN3O4/c1-2-21-3-5-23(6-4-21)20-40-27-13-7-22(8-14-27)17-28(32(38)39)35-31(37)29-19-36-16-15-25(18-30(36)34-29)24-9-11-26(33)12-10-24/h3-16,18-19,28H,2,17,20H2,1H3,(H,35,37)(H,38,39). The van der Waals surface area contributed by atoms with E-state index in [1.165, 1.54) is 5.56 Å². The minimum absolute atomic E-state index is 0.119. The molecule has 1 amide bonds. The van der Waals surface area contributed by atoms with E-state index in [1.54, 1.807) is 34.9 Å². The molecule has 0 saturated heterocycles. The molecule has 202 valence electrons. The molecule has 1 atom stereocenters. The number of aliphatic carboxylic acids is 1. The average Bonchev–Trinajstić information content (AvgIpc) is 3.41. The number of carboxylic acids is 1. The fourth-order valence-electron chi connectivity index (χ4n) is 4.34. The van der Waals surface area contributed by atoms with Crippen molar-refractivity contribution in [2.75, 3.05) is 0 Å². The number of hydrogen-bond donors (Lipinski definition) is 2. The number of fused-ring (bicyclic) bond motifs is 1. The zero-order chi connectivity index (χ0) is 28.1. The van der Waals surface area contributed by atoms with Crippen LogP contribution in [0.5, 0.6) is 5.75 Å². The molecule has 2 heterocycles. The first-order valence-electron chi connectivity index (χ1n) is 13.0. The summed E-state index contributed by atoms with van der Waals surface area (Å²) in [6, 6.07) is 25.6. The van der Waals surface area contributed by atoms with E-state index in [1.807, 2.05) is 42.6 Å². The van der Waals surface area contributed by atoms with Gasteiger partial charge in [0.1, 0.15) is 29.7 Å². The molecule has 40 heavy (non-hydrogen) atoms. The van der Waals surface area contributed by atoms with Crippen LogP contribution in [0.1, 0.15) is 34.1 Å². The zero-order valence-electron chi connectivity index (χ0n) is 21.9. The Kier molecular flexibility index (Phi) is 8.12. The second-order valence-corrected chi connectivity index (χ2v) is 9.92. The van der Waals surface area contributed by atoms with Crippen LogP contribution in [0, 0.1) is 0 Å². The van der Waals surface area contributed by atoms with E-state index in [0.29, 0.717) is 23.0 Å². The lowest BCUT2D eigenvalue weighted by atomic mass is 10.1. The van der Waals surface area contributed by atoms with Gasteiger partial charge in [-0.05, 0) is 70.6 Å². The lowest BCUT2D eigenvalue weighted by molar-refractivity contribution is -0.139. The molecule has 0 aliphatic rings. The highest BCUT2D eigenvalue weighted by molar-refractivity contribution is 6.30. The number of nitrogens with one attached hydrogen (secondary N) is 1. The Labute approximate surface area is 237 Å². The van der Waals surface area contributed by atoms with Crippen molar-refractivity contribution in [3.05, 3.63) is 125 Å². The predicted molar refractivity (Wildman–Crippen MR) is 155 cm³/mol. The smallest absolute Gasteiger partial charge is 0.326 e. The van der Waals surface area contributed by atoms with Gasteiger partial charge in [0, 0.05) is 23.8 Å². The monoisotopic (exact) mass is 553 g/mol. The van der Waals surface area contributed by atoms with Gasteiger partial charge in [-0.25, -0.2) is 9.78 Å². The molecule has 3 aromatic carbocycles. The maximum Gasteiger partial charge on any atom is 0.326 e. The van der Waals surface area contributed by atoms with Crippen LogP contribution in [0.3, 0.4) is 0 Å². The molecule has 0 aliphatic carbocycles. The summed E-state index contributed by atoms with van der Waals surface area (Å²) < 4.78 is 7.59. The lowest BCUT2D eigenvalue weighted by Gasteiger charge is -2.14. The minimum atomic E-state index is -1.13. The molecule has 5 aromatic rings. The van der Waals surface area contributed by atoms with Crippen molar-refractivity contribution in [2.24, 2.45) is 0 Å². The highest BCUT2D eigenvalue weighted by Crippen LogP contribution is 2.23. The number of hydrogen-bond acceptors (Lipinski definition) is 4. The van der Waals surface area contributed by atoms with E-state index in [0.717, 1.165) is 28.7 Å². The first-order valence-corrected chi connectivity index (χ1v) is 13.3. The molecule has 1 unspecified atom stereocenters. The molecule has 2 N–H and O–H groups in total. The number of carbonyl (C=O) groups is 2. The van der Waals surface area contributed by atoms with Crippen LogP contribution >= 0.6 is 11.6 Å². The van der Waals surface area contributed by atoms with Gasteiger partial charge < -0.3 is 19.6 Å². The molecule has 0 radical (unpaired) electrons. The topological polar surface area (TPSA) is 92.9 Å². The molecule has 8 heteroatoms. The van der Waals surface area contributed by atoms with Gasteiger partial charge in [-0.2, -0.15) is 0 Å². The first kappa shape index (κ1) is 27.0.